The van der Waals surface area contributed by atoms with E-state index in [4.69, 9.17) is 0 Å². The van der Waals surface area contributed by atoms with E-state index in [0.717, 1.165) is 17.9 Å². The van der Waals surface area contributed by atoms with Crippen molar-refractivity contribution in [1.29, 1.82) is 0 Å². The summed E-state index contributed by atoms with van der Waals surface area (Å²) < 4.78 is 0. The molecule has 0 radical (unpaired) electrons. The normalized spacial score (nSPS) is 32.4. The Labute approximate surface area is 124 Å². The molecule has 1 heterocycles. The van der Waals surface area contributed by atoms with Crippen LogP contribution in [0.2, 0.25) is 0 Å². The zero-order chi connectivity index (χ0) is 13.7. The van der Waals surface area contributed by atoms with Crippen LogP contribution in [0.4, 0.5) is 0 Å². The highest BCUT2D eigenvalue weighted by Gasteiger charge is 2.31. The molecule has 0 amide bonds. The Morgan fingerprint density at radius 2 is 2.00 bits per heavy atom. The number of rotatable bonds is 5. The summed E-state index contributed by atoms with van der Waals surface area (Å²) in [5.41, 5.74) is 0. The molecule has 1 aliphatic carbocycles. The van der Waals surface area contributed by atoms with Gasteiger partial charge in [0.15, 0.2) is 0 Å². The molecule has 3 heteroatoms. The second-order valence-corrected chi connectivity index (χ2v) is 7.69. The summed E-state index contributed by atoms with van der Waals surface area (Å²) in [4.78, 5) is 2.75. The van der Waals surface area contributed by atoms with E-state index in [2.05, 4.69) is 30.3 Å². The van der Waals surface area contributed by atoms with E-state index >= 15 is 0 Å². The van der Waals surface area contributed by atoms with Gasteiger partial charge in [0.05, 0.1) is 0 Å². The maximum absolute atomic E-state index is 3.83. The summed E-state index contributed by atoms with van der Waals surface area (Å²) in [6.07, 6.45) is 9.53. The lowest BCUT2D eigenvalue weighted by Crippen LogP contribution is -2.58. The molecule has 2 fully saturated rings. The number of piperazine rings is 1. The Kier molecular flexibility index (Phi) is 6.51. The van der Waals surface area contributed by atoms with Gasteiger partial charge in [0.25, 0.3) is 0 Å². The first-order chi connectivity index (χ1) is 9.20. The Bertz CT molecular complexity index is 253. The smallest absolute Gasteiger partial charge is 0.0224 e. The van der Waals surface area contributed by atoms with Gasteiger partial charge in [-0.3, -0.25) is 4.90 Å². The largest absolute Gasteiger partial charge is 0.311 e. The van der Waals surface area contributed by atoms with E-state index < -0.39 is 0 Å². The number of hydrogen-bond acceptors (Lipinski definition) is 3. The summed E-state index contributed by atoms with van der Waals surface area (Å²) >= 11 is 1.99. The molecule has 1 aliphatic heterocycles. The van der Waals surface area contributed by atoms with Crippen molar-refractivity contribution in [3.8, 4) is 0 Å². The van der Waals surface area contributed by atoms with Crippen molar-refractivity contribution in [2.24, 2.45) is 11.8 Å². The van der Waals surface area contributed by atoms with Crippen LogP contribution in [0.25, 0.3) is 0 Å². The predicted molar refractivity (Wildman–Crippen MR) is 86.9 cm³/mol. The molecule has 112 valence electrons. The van der Waals surface area contributed by atoms with Crippen molar-refractivity contribution < 1.29 is 0 Å². The number of nitrogens with zero attached hydrogens (tertiary/aromatic N) is 1. The van der Waals surface area contributed by atoms with Crippen LogP contribution in [-0.2, 0) is 0 Å². The Morgan fingerprint density at radius 1 is 1.26 bits per heavy atom. The molecule has 3 atom stereocenters. The zero-order valence-electron chi connectivity index (χ0n) is 13.0. The van der Waals surface area contributed by atoms with Crippen LogP contribution in [0.3, 0.4) is 0 Å². The minimum Gasteiger partial charge on any atom is -0.311 e. The topological polar surface area (TPSA) is 15.3 Å². The molecule has 0 spiro atoms. The second-order valence-electron chi connectivity index (χ2n) is 6.78. The van der Waals surface area contributed by atoms with Crippen LogP contribution in [0.1, 0.15) is 46.0 Å². The summed E-state index contributed by atoms with van der Waals surface area (Å²) in [6, 6.07) is 1.47. The number of hydrogen-bond donors (Lipinski definition) is 1. The van der Waals surface area contributed by atoms with Gasteiger partial charge < -0.3 is 5.32 Å². The van der Waals surface area contributed by atoms with Gasteiger partial charge in [-0.1, -0.05) is 26.2 Å². The molecule has 0 aromatic rings. The monoisotopic (exact) mass is 284 g/mol. The van der Waals surface area contributed by atoms with E-state index in [9.17, 15) is 0 Å². The van der Waals surface area contributed by atoms with E-state index in [1.807, 2.05) is 11.8 Å². The molecule has 1 saturated heterocycles. The van der Waals surface area contributed by atoms with Gasteiger partial charge in [-0.2, -0.15) is 11.8 Å². The number of thioether (sulfide) groups is 1. The first-order valence-electron chi connectivity index (χ1n) is 8.17. The lowest BCUT2D eigenvalue weighted by Gasteiger charge is -2.43. The Hall–Kier alpha value is 0.270. The van der Waals surface area contributed by atoms with Gasteiger partial charge in [-0.15, -0.1) is 0 Å². The predicted octanol–water partition coefficient (Wildman–Crippen LogP) is 3.23. The quantitative estimate of drug-likeness (QED) is 0.834. The van der Waals surface area contributed by atoms with Crippen LogP contribution in [0.15, 0.2) is 0 Å². The van der Waals surface area contributed by atoms with Gasteiger partial charge in [-0.05, 0) is 43.6 Å². The van der Waals surface area contributed by atoms with Crippen LogP contribution in [-0.4, -0.2) is 48.6 Å². The molecular formula is C16H32N2S. The van der Waals surface area contributed by atoms with Crippen LogP contribution in [0, 0.1) is 11.8 Å². The van der Waals surface area contributed by atoms with Gasteiger partial charge in [0.1, 0.15) is 0 Å². The minimum absolute atomic E-state index is 0.712. The van der Waals surface area contributed by atoms with Crippen LogP contribution >= 0.6 is 11.8 Å². The maximum Gasteiger partial charge on any atom is 0.0224 e. The van der Waals surface area contributed by atoms with E-state index in [1.165, 1.54) is 57.5 Å². The molecule has 0 aromatic carbocycles. The lowest BCUT2D eigenvalue weighted by atomic mass is 9.82. The van der Waals surface area contributed by atoms with Crippen molar-refractivity contribution in [2.75, 3.05) is 31.6 Å². The van der Waals surface area contributed by atoms with Gasteiger partial charge in [0, 0.05) is 31.7 Å². The molecule has 0 bridgehead atoms. The third-order valence-corrected chi connectivity index (χ3v) is 5.85. The fourth-order valence-electron chi connectivity index (χ4n) is 3.79. The SMILES string of the molecule is CSCC(C)CN1CC(C2CCCCC2)NCC1C. The average Bonchev–Trinajstić information content (AvgIpc) is 2.42. The Morgan fingerprint density at radius 3 is 2.68 bits per heavy atom. The molecule has 1 N–H and O–H groups in total. The fraction of sp³-hybridized carbons (Fsp3) is 1.00. The number of nitrogens with one attached hydrogen (secondary N) is 1. The highest BCUT2D eigenvalue weighted by molar-refractivity contribution is 7.98. The van der Waals surface area contributed by atoms with Crippen LogP contribution < -0.4 is 5.32 Å². The van der Waals surface area contributed by atoms with Crippen molar-refractivity contribution in [3.63, 3.8) is 0 Å². The lowest BCUT2D eigenvalue weighted by molar-refractivity contribution is 0.0943. The molecule has 1 saturated carbocycles. The van der Waals surface area contributed by atoms with Crippen LogP contribution in [0.5, 0.6) is 0 Å². The average molecular weight is 285 g/mol. The van der Waals surface area contributed by atoms with Gasteiger partial charge in [0.2, 0.25) is 0 Å². The Balaban J connectivity index is 1.84. The molecule has 3 unspecified atom stereocenters. The van der Waals surface area contributed by atoms with E-state index in [0.29, 0.717) is 6.04 Å². The first-order valence-corrected chi connectivity index (χ1v) is 9.56. The summed E-state index contributed by atoms with van der Waals surface area (Å²) in [5, 5.41) is 3.83. The first kappa shape index (κ1) is 15.7. The van der Waals surface area contributed by atoms with E-state index in [-0.39, 0.29) is 0 Å². The molecular weight excluding hydrogens is 252 g/mol. The summed E-state index contributed by atoms with van der Waals surface area (Å²) in [5.74, 6) is 3.06. The van der Waals surface area contributed by atoms with Crippen molar-refractivity contribution in [1.82, 2.24) is 10.2 Å². The highest BCUT2D eigenvalue weighted by atomic mass is 32.2. The molecule has 2 aliphatic rings. The van der Waals surface area contributed by atoms with Gasteiger partial charge in [-0.25, -0.2) is 0 Å². The molecule has 2 rings (SSSR count). The van der Waals surface area contributed by atoms with Crippen molar-refractivity contribution >= 4 is 11.8 Å². The van der Waals surface area contributed by atoms with Crippen molar-refractivity contribution in [2.45, 2.75) is 58.0 Å². The molecule has 19 heavy (non-hydrogen) atoms. The van der Waals surface area contributed by atoms with Crippen molar-refractivity contribution in [3.05, 3.63) is 0 Å². The fourth-order valence-corrected chi connectivity index (χ4v) is 4.47. The zero-order valence-corrected chi connectivity index (χ0v) is 13.8. The minimum atomic E-state index is 0.712. The van der Waals surface area contributed by atoms with E-state index in [1.54, 1.807) is 0 Å². The third kappa shape index (κ3) is 4.64. The summed E-state index contributed by atoms with van der Waals surface area (Å²) in [7, 11) is 0. The second kappa shape index (κ2) is 7.90. The molecule has 0 aromatic heterocycles. The van der Waals surface area contributed by atoms with Gasteiger partial charge >= 0.3 is 0 Å². The molecule has 2 nitrogen and oxygen atoms in total. The highest BCUT2D eigenvalue weighted by Crippen LogP contribution is 2.28. The summed E-state index contributed by atoms with van der Waals surface area (Å²) in [6.45, 7) is 8.54. The maximum atomic E-state index is 3.83. The standard InChI is InChI=1S/C16H32N2S/c1-13(12-19-3)10-18-11-16(17-9-14(18)2)15-7-5-4-6-8-15/h13-17H,4-12H2,1-3H3. The third-order valence-electron chi connectivity index (χ3n) is 4.95.